The Kier molecular flexibility index (Phi) is 5.87. The maximum atomic E-state index is 13.4. The molecule has 160 valence electrons. The van der Waals surface area contributed by atoms with Crippen LogP contribution in [0, 0.1) is 5.82 Å². The van der Waals surface area contributed by atoms with Crippen LogP contribution in [0.15, 0.2) is 34.9 Å². The molecule has 0 bridgehead atoms. The molecule has 0 saturated carbocycles. The quantitative estimate of drug-likeness (QED) is 0.608. The van der Waals surface area contributed by atoms with Crippen molar-refractivity contribution in [3.05, 3.63) is 53.4 Å². The van der Waals surface area contributed by atoms with E-state index in [-0.39, 0.29) is 17.4 Å². The molecule has 0 spiro atoms. The number of amides is 1. The number of rotatable bonds is 6. The number of carbonyl (C=O) groups excluding carboxylic acids is 1. The Hall–Kier alpha value is -3.28. The predicted molar refractivity (Wildman–Crippen MR) is 94.6 cm³/mol. The molecule has 30 heavy (non-hydrogen) atoms. The molecule has 0 radical (unpaired) electrons. The van der Waals surface area contributed by atoms with Crippen LogP contribution in [0.25, 0.3) is 11.4 Å². The third kappa shape index (κ3) is 4.48. The first kappa shape index (κ1) is 21.4. The number of methoxy groups -OCH3 is 1. The average Bonchev–Trinajstić information content (AvgIpc) is 3.32. The van der Waals surface area contributed by atoms with Crippen LogP contribution >= 0.6 is 0 Å². The largest absolute Gasteiger partial charge is 0.435 e. The van der Waals surface area contributed by atoms with Crippen LogP contribution in [0.5, 0.6) is 0 Å². The number of alkyl halides is 3. The number of aryl methyl sites for hydroxylation is 1. The number of halogens is 4. The van der Waals surface area contributed by atoms with Crippen molar-refractivity contribution in [3.8, 4) is 11.4 Å². The zero-order chi connectivity index (χ0) is 22.1. The molecule has 8 nitrogen and oxygen atoms in total. The van der Waals surface area contributed by atoms with Gasteiger partial charge >= 0.3 is 6.18 Å². The van der Waals surface area contributed by atoms with Gasteiger partial charge in [-0.15, -0.1) is 0 Å². The fourth-order valence-corrected chi connectivity index (χ4v) is 2.66. The first-order chi connectivity index (χ1) is 14.1. The Bertz CT molecular complexity index is 1050. The average molecular weight is 427 g/mol. The second kappa shape index (κ2) is 8.22. The zero-order valence-corrected chi connectivity index (χ0v) is 16.1. The van der Waals surface area contributed by atoms with E-state index in [0.717, 1.165) is 4.68 Å². The van der Waals surface area contributed by atoms with Crippen molar-refractivity contribution in [1.82, 2.24) is 25.2 Å². The molecule has 0 aliphatic carbocycles. The summed E-state index contributed by atoms with van der Waals surface area (Å²) in [7, 11) is 2.59. The molecule has 2 atom stereocenters. The molecule has 1 aromatic carbocycles. The van der Waals surface area contributed by atoms with Gasteiger partial charge in [-0.05, 0) is 19.1 Å². The number of nitrogens with one attached hydrogen (secondary N) is 1. The summed E-state index contributed by atoms with van der Waals surface area (Å²) >= 11 is 0. The van der Waals surface area contributed by atoms with Crippen LogP contribution in [0.4, 0.5) is 17.6 Å². The molecule has 0 aliphatic rings. The third-order valence-electron chi connectivity index (χ3n) is 4.32. The molecular weight excluding hydrogens is 410 g/mol. The van der Waals surface area contributed by atoms with Crippen molar-refractivity contribution < 1.29 is 31.6 Å². The monoisotopic (exact) mass is 427 g/mol. The topological polar surface area (TPSA) is 95.1 Å². The minimum absolute atomic E-state index is 0.0600. The van der Waals surface area contributed by atoms with E-state index in [4.69, 9.17) is 9.26 Å². The lowest BCUT2D eigenvalue weighted by molar-refractivity contribution is -0.141. The number of carbonyl (C=O) groups is 1. The smallest absolute Gasteiger partial charge is 0.379 e. The summed E-state index contributed by atoms with van der Waals surface area (Å²) in [6.07, 6.45) is -5.37. The molecule has 0 unspecified atom stereocenters. The van der Waals surface area contributed by atoms with Gasteiger partial charge in [0, 0.05) is 25.8 Å². The highest BCUT2D eigenvalue weighted by atomic mass is 19.4. The van der Waals surface area contributed by atoms with Gasteiger partial charge in [-0.25, -0.2) is 4.39 Å². The van der Waals surface area contributed by atoms with E-state index in [1.54, 1.807) is 13.0 Å². The van der Waals surface area contributed by atoms with Crippen LogP contribution in [-0.2, 0) is 18.0 Å². The third-order valence-corrected chi connectivity index (χ3v) is 4.32. The Morgan fingerprint density at radius 1 is 1.30 bits per heavy atom. The van der Waals surface area contributed by atoms with Gasteiger partial charge in [-0.3, -0.25) is 9.48 Å². The number of aromatic nitrogens is 4. The fraction of sp³-hybridized carbons (Fsp3) is 0.333. The van der Waals surface area contributed by atoms with Gasteiger partial charge in [0.15, 0.2) is 5.69 Å². The highest BCUT2D eigenvalue weighted by Gasteiger charge is 2.36. The van der Waals surface area contributed by atoms with Gasteiger partial charge in [0.1, 0.15) is 17.6 Å². The van der Waals surface area contributed by atoms with Gasteiger partial charge < -0.3 is 14.6 Å². The molecule has 1 N–H and O–H groups in total. The van der Waals surface area contributed by atoms with Crippen LogP contribution in [0.3, 0.4) is 0 Å². The van der Waals surface area contributed by atoms with Crippen molar-refractivity contribution >= 4 is 5.91 Å². The lowest BCUT2D eigenvalue weighted by Gasteiger charge is -2.20. The molecule has 0 fully saturated rings. The van der Waals surface area contributed by atoms with Gasteiger partial charge in [0.05, 0.1) is 6.10 Å². The van der Waals surface area contributed by atoms with E-state index >= 15 is 0 Å². The Morgan fingerprint density at radius 2 is 2.03 bits per heavy atom. The van der Waals surface area contributed by atoms with Crippen molar-refractivity contribution in [3.63, 3.8) is 0 Å². The summed E-state index contributed by atoms with van der Waals surface area (Å²) in [6, 6.07) is 5.15. The van der Waals surface area contributed by atoms with Crippen molar-refractivity contribution in [2.45, 2.75) is 25.2 Å². The standard InChI is InChI=1S/C18H17F4N5O3/c1-9(29-3)14(17-24-15(26-30-17)10-5-4-6-11(19)7-10)23-16(28)12-8-13(18(20,21)22)25-27(12)2/h4-9,14H,1-3H3,(H,23,28)/t9-,14-/m0/s1. The van der Waals surface area contributed by atoms with Crippen LogP contribution < -0.4 is 5.32 Å². The normalized spacial score (nSPS) is 13.8. The molecular formula is C18H17F4N5O3. The summed E-state index contributed by atoms with van der Waals surface area (Å²) in [5, 5.41) is 9.61. The van der Waals surface area contributed by atoms with Gasteiger partial charge in [0.25, 0.3) is 11.8 Å². The van der Waals surface area contributed by atoms with Gasteiger partial charge in [0.2, 0.25) is 5.82 Å². The molecule has 0 saturated heterocycles. The summed E-state index contributed by atoms with van der Waals surface area (Å²) in [5.74, 6) is -1.33. The first-order valence-electron chi connectivity index (χ1n) is 8.64. The Balaban J connectivity index is 1.87. The minimum atomic E-state index is -4.69. The number of ether oxygens (including phenoxy) is 1. The lowest BCUT2D eigenvalue weighted by Crippen LogP contribution is -2.37. The SMILES string of the molecule is CO[C@@H](C)[C@H](NC(=O)c1cc(C(F)(F)F)nn1C)c1nc(-c2cccc(F)c2)no1. The van der Waals surface area contributed by atoms with E-state index in [1.807, 2.05) is 0 Å². The van der Waals surface area contributed by atoms with E-state index in [9.17, 15) is 22.4 Å². The lowest BCUT2D eigenvalue weighted by atomic mass is 10.1. The number of hydrogen-bond acceptors (Lipinski definition) is 6. The minimum Gasteiger partial charge on any atom is -0.379 e. The highest BCUT2D eigenvalue weighted by Crippen LogP contribution is 2.29. The number of benzene rings is 1. The predicted octanol–water partition coefficient (Wildman–Crippen LogP) is 3.13. The molecule has 3 rings (SSSR count). The van der Waals surface area contributed by atoms with E-state index < -0.39 is 35.7 Å². The van der Waals surface area contributed by atoms with Crippen molar-refractivity contribution in [2.24, 2.45) is 7.05 Å². The van der Waals surface area contributed by atoms with Gasteiger partial charge in [-0.2, -0.15) is 23.3 Å². The van der Waals surface area contributed by atoms with Crippen molar-refractivity contribution in [1.29, 1.82) is 0 Å². The summed E-state index contributed by atoms with van der Waals surface area (Å²) in [5.41, 5.74) is -1.17. The molecule has 2 aromatic heterocycles. The van der Waals surface area contributed by atoms with Crippen LogP contribution in [0.1, 0.15) is 35.0 Å². The molecule has 0 aliphatic heterocycles. The van der Waals surface area contributed by atoms with E-state index in [2.05, 4.69) is 20.6 Å². The second-order valence-electron chi connectivity index (χ2n) is 6.39. The number of hydrogen-bond donors (Lipinski definition) is 1. The number of nitrogens with zero attached hydrogens (tertiary/aromatic N) is 4. The van der Waals surface area contributed by atoms with E-state index in [0.29, 0.717) is 11.6 Å². The Morgan fingerprint density at radius 3 is 2.63 bits per heavy atom. The zero-order valence-electron chi connectivity index (χ0n) is 16.1. The molecule has 12 heteroatoms. The molecule has 2 heterocycles. The van der Waals surface area contributed by atoms with Crippen LogP contribution in [0.2, 0.25) is 0 Å². The summed E-state index contributed by atoms with van der Waals surface area (Å²) < 4.78 is 63.2. The first-order valence-corrected chi connectivity index (χ1v) is 8.64. The van der Waals surface area contributed by atoms with Crippen LogP contribution in [-0.4, -0.2) is 39.0 Å². The van der Waals surface area contributed by atoms with E-state index in [1.165, 1.54) is 32.4 Å². The van der Waals surface area contributed by atoms with Crippen molar-refractivity contribution in [2.75, 3.05) is 7.11 Å². The summed E-state index contributed by atoms with van der Waals surface area (Å²) in [4.78, 5) is 16.8. The highest BCUT2D eigenvalue weighted by molar-refractivity contribution is 5.93. The summed E-state index contributed by atoms with van der Waals surface area (Å²) in [6.45, 7) is 1.60. The Labute approximate surface area is 167 Å². The maximum absolute atomic E-state index is 13.4. The second-order valence-corrected chi connectivity index (χ2v) is 6.39. The fourth-order valence-electron chi connectivity index (χ4n) is 2.66. The molecule has 1 amide bonds. The molecule has 3 aromatic rings. The van der Waals surface area contributed by atoms with Gasteiger partial charge in [-0.1, -0.05) is 17.3 Å². The maximum Gasteiger partial charge on any atom is 0.435 e.